The van der Waals surface area contributed by atoms with Crippen molar-refractivity contribution in [1.82, 2.24) is 30.7 Å². The number of hydrogen-bond acceptors (Lipinski definition) is 13. The number of amides is 3. The van der Waals surface area contributed by atoms with Gasteiger partial charge in [-0.05, 0) is 94.8 Å². The molecule has 330 valence electrons. The highest BCUT2D eigenvalue weighted by atomic mass is 32.1. The van der Waals surface area contributed by atoms with Crippen molar-refractivity contribution < 1.29 is 37.9 Å². The van der Waals surface area contributed by atoms with E-state index in [1.54, 1.807) is 23.0 Å². The fourth-order valence-electron chi connectivity index (χ4n) is 4.99. The minimum absolute atomic E-state index is 0.0718. The number of aliphatic carboxylic acids is 1. The molecular weight excluding hydrogens is 873 g/mol. The maximum Gasteiger partial charge on any atom is 0.317 e. The fraction of sp³-hybridized carbons (Fsp3) is 0.286. The van der Waals surface area contributed by atoms with Gasteiger partial charge in [-0.15, -0.1) is 0 Å². The summed E-state index contributed by atoms with van der Waals surface area (Å²) in [6, 6.07) is 27.2. The lowest BCUT2D eigenvalue weighted by Crippen LogP contribution is -2.30. The first kappa shape index (κ1) is 52.0. The van der Waals surface area contributed by atoms with Crippen LogP contribution >= 0.6 is 48.9 Å². The lowest BCUT2D eigenvalue weighted by atomic mass is 10.2. The minimum Gasteiger partial charge on any atom is -0.480 e. The molecule has 0 aliphatic carbocycles. The Kier molecular flexibility index (Phi) is 23.8. The molecule has 2 aromatic heterocycles. The molecule has 0 bridgehead atoms. The summed E-state index contributed by atoms with van der Waals surface area (Å²) < 4.78 is 16.1. The number of benzene rings is 2. The van der Waals surface area contributed by atoms with E-state index in [1.807, 2.05) is 113 Å². The number of hydrogen-bond donors (Lipinski definition) is 5. The van der Waals surface area contributed by atoms with Crippen molar-refractivity contribution >= 4 is 99.1 Å². The van der Waals surface area contributed by atoms with Crippen LogP contribution in [0.3, 0.4) is 0 Å². The number of carbonyl (C=O) groups excluding carboxylic acids is 3. The number of isothiocyanates is 1. The molecular formula is C42H50N8O8S4. The number of carboxylic acids is 1. The number of aliphatic imine (C=N–C) groups is 1. The van der Waals surface area contributed by atoms with Gasteiger partial charge < -0.3 is 40.4 Å². The molecule has 6 N–H and O–H groups in total. The number of rotatable bonds is 9. The molecule has 3 aliphatic heterocycles. The van der Waals surface area contributed by atoms with Crippen LogP contribution in [0.1, 0.15) is 33.5 Å². The minimum atomic E-state index is -0.968. The Morgan fingerprint density at radius 1 is 0.774 bits per heavy atom. The Morgan fingerprint density at radius 2 is 1.24 bits per heavy atom. The average Bonchev–Trinajstić information content (AvgIpc) is 4.13. The number of methoxy groups -OCH3 is 1. The van der Waals surface area contributed by atoms with Gasteiger partial charge in [0.1, 0.15) is 23.0 Å². The molecule has 3 saturated heterocycles. The van der Waals surface area contributed by atoms with Gasteiger partial charge >= 0.3 is 5.97 Å². The number of ether oxygens (including phenoxy) is 1. The molecule has 0 saturated carbocycles. The molecule has 0 spiro atoms. The van der Waals surface area contributed by atoms with Crippen molar-refractivity contribution in [2.75, 3.05) is 52.9 Å². The van der Waals surface area contributed by atoms with Crippen LogP contribution in [0.5, 0.6) is 5.95 Å². The predicted molar refractivity (Wildman–Crippen MR) is 254 cm³/mol. The number of carboxylic acid groups (broad SMARTS) is 1. The average molecular weight is 923 g/mol. The second-order valence-electron chi connectivity index (χ2n) is 12.1. The van der Waals surface area contributed by atoms with E-state index in [1.165, 1.54) is 4.90 Å². The maximum atomic E-state index is 12.1. The Labute approximate surface area is 382 Å². The molecule has 5 heterocycles. The summed E-state index contributed by atoms with van der Waals surface area (Å²) in [6.07, 6.45) is 1.68. The first-order valence-corrected chi connectivity index (χ1v) is 20.7. The zero-order valence-corrected chi connectivity index (χ0v) is 38.2. The number of nitrogens with zero attached hydrogens (tertiary/aromatic N) is 4. The highest BCUT2D eigenvalue weighted by molar-refractivity contribution is 7.80. The summed E-state index contributed by atoms with van der Waals surface area (Å²) in [5.41, 5.74) is 7.07. The van der Waals surface area contributed by atoms with Gasteiger partial charge in [-0.25, -0.2) is 4.99 Å². The van der Waals surface area contributed by atoms with Crippen molar-refractivity contribution in [2.45, 2.75) is 27.7 Å². The molecule has 0 unspecified atom stereocenters. The highest BCUT2D eigenvalue weighted by Gasteiger charge is 2.29. The van der Waals surface area contributed by atoms with Crippen LogP contribution in [-0.4, -0.2) is 117 Å². The van der Waals surface area contributed by atoms with Crippen molar-refractivity contribution in [2.24, 2.45) is 10.7 Å². The molecule has 0 radical (unpaired) electrons. The zero-order valence-electron chi connectivity index (χ0n) is 34.9. The molecule has 4 aromatic rings. The van der Waals surface area contributed by atoms with E-state index in [4.69, 9.17) is 55.3 Å². The monoisotopic (exact) mass is 922 g/mol. The second kappa shape index (κ2) is 28.4. The molecule has 62 heavy (non-hydrogen) atoms. The molecule has 20 heteroatoms. The smallest absolute Gasteiger partial charge is 0.317 e. The Morgan fingerprint density at radius 3 is 1.56 bits per heavy atom. The summed E-state index contributed by atoms with van der Waals surface area (Å²) in [6.45, 7) is 10.7. The quantitative estimate of drug-likeness (QED) is 0.0791. The van der Waals surface area contributed by atoms with Crippen LogP contribution in [0.2, 0.25) is 0 Å². The predicted octanol–water partition coefficient (Wildman–Crippen LogP) is 5.56. The summed E-state index contributed by atoms with van der Waals surface area (Å²) in [5.74, 6) is 1.81. The Bertz CT molecular complexity index is 2120. The number of thiocarbonyl (C=S) groups is 4. The van der Waals surface area contributed by atoms with Gasteiger partial charge in [0, 0.05) is 49.4 Å². The summed E-state index contributed by atoms with van der Waals surface area (Å²) in [4.78, 5) is 51.1. The maximum absolute atomic E-state index is 12.1. The molecule has 16 nitrogen and oxygen atoms in total. The van der Waals surface area contributed by atoms with Crippen LogP contribution in [-0.2, 0) is 19.2 Å². The lowest BCUT2D eigenvalue weighted by molar-refractivity contribution is -0.135. The van der Waals surface area contributed by atoms with Crippen molar-refractivity contribution in [1.29, 1.82) is 0 Å². The molecule has 7 rings (SSSR count). The fourth-order valence-corrected chi connectivity index (χ4v) is 6.05. The van der Waals surface area contributed by atoms with Crippen molar-refractivity contribution in [3.63, 3.8) is 0 Å². The normalized spacial score (nSPS) is 14.2. The van der Waals surface area contributed by atoms with Crippen LogP contribution < -0.4 is 26.4 Å². The highest BCUT2D eigenvalue weighted by Crippen LogP contribution is 2.26. The standard InChI is InChI=1S/C16H14N2O2S.C11H10O2.2C5H8N2OS.C3H5NS.C2H5NO2/c1-2-18-15(19)13(17-16(18)21)10-12-8-9-14(20-12)11-6-4-3-5-7-11;1-12-11-8-7-10(13-11)9-5-3-2-4-6-9;2*1-2-7-4(8)3-6-5(7)9;1-2-4-3-5;3-1-2(4)5/h3-10H,2H2,1H3,(H,17,21);2-8H,1H3;2*2-3H2,1H3,(H,6,9);2H2,1H3;1,3H2,(H,4,5)/b13-10-;;;;;. The van der Waals surface area contributed by atoms with Crippen molar-refractivity contribution in [3.8, 4) is 28.6 Å². The van der Waals surface area contributed by atoms with Gasteiger partial charge in [-0.1, -0.05) is 60.7 Å². The third-order valence-electron chi connectivity index (χ3n) is 7.99. The second-order valence-corrected chi connectivity index (χ2v) is 13.4. The van der Waals surface area contributed by atoms with Gasteiger partial charge in [0.15, 0.2) is 15.3 Å². The van der Waals surface area contributed by atoms with Crippen LogP contribution in [0, 0.1) is 0 Å². The van der Waals surface area contributed by atoms with Crippen molar-refractivity contribution in [3.05, 3.63) is 96.4 Å². The largest absolute Gasteiger partial charge is 0.480 e. The van der Waals surface area contributed by atoms with E-state index < -0.39 is 5.97 Å². The van der Waals surface area contributed by atoms with Crippen LogP contribution in [0.4, 0.5) is 0 Å². The molecule has 2 aromatic carbocycles. The first-order valence-electron chi connectivity index (χ1n) is 19.1. The number of furan rings is 2. The van der Waals surface area contributed by atoms with Crippen LogP contribution in [0.15, 0.2) is 104 Å². The number of nitrogens with two attached hydrogens (primary N) is 1. The molecule has 3 amide bonds. The molecule has 0 atom stereocenters. The summed E-state index contributed by atoms with van der Waals surface area (Å²) in [7, 11) is 1.59. The SMILES string of the molecule is CCN1C(=O)/C(=C/c2ccc(-c3ccccc3)o2)NC1=S.CCN1C(=O)CNC1=S.CCN1C(=O)CNC1=S.CCN=C=S.COc1ccc(-c2ccccc2)o1.NCC(=O)O. The van der Waals surface area contributed by atoms with E-state index in [-0.39, 0.29) is 24.3 Å². The first-order chi connectivity index (χ1) is 29.8. The van der Waals surface area contributed by atoms with Gasteiger partial charge in [0.25, 0.3) is 11.9 Å². The Balaban J connectivity index is 0.000000279. The van der Waals surface area contributed by atoms with E-state index >= 15 is 0 Å². The number of likely N-dealkylation sites (N-methyl/N-ethyl adjacent to an activating group) is 3. The van der Waals surface area contributed by atoms with E-state index in [0.717, 1.165) is 29.2 Å². The van der Waals surface area contributed by atoms with E-state index in [0.29, 0.717) is 65.5 Å². The third kappa shape index (κ3) is 17.1. The zero-order chi connectivity index (χ0) is 46.0. The van der Waals surface area contributed by atoms with Gasteiger partial charge in [0.05, 0.1) is 31.9 Å². The number of nitrogens with one attached hydrogen (secondary N) is 3. The number of carbonyl (C=O) groups is 4. The lowest BCUT2D eigenvalue weighted by Gasteiger charge is -2.09. The van der Waals surface area contributed by atoms with Gasteiger partial charge in [-0.2, -0.15) is 0 Å². The third-order valence-corrected chi connectivity index (χ3v) is 9.18. The van der Waals surface area contributed by atoms with Gasteiger partial charge in [0.2, 0.25) is 11.8 Å². The van der Waals surface area contributed by atoms with Crippen LogP contribution in [0.25, 0.3) is 28.7 Å². The molecule has 3 fully saturated rings. The van der Waals surface area contributed by atoms with E-state index in [9.17, 15) is 19.2 Å². The van der Waals surface area contributed by atoms with Gasteiger partial charge in [-0.3, -0.25) is 33.9 Å². The topological polar surface area (TPSA) is 208 Å². The summed E-state index contributed by atoms with van der Waals surface area (Å²) >= 11 is 19.0. The molecule has 3 aliphatic rings. The Hall–Kier alpha value is -6.15. The van der Waals surface area contributed by atoms with E-state index in [2.05, 4.69) is 44.1 Å². The summed E-state index contributed by atoms with van der Waals surface area (Å²) in [5, 5.41) is 19.8.